The van der Waals surface area contributed by atoms with Crippen molar-refractivity contribution in [2.24, 2.45) is 11.8 Å². The Hall–Kier alpha value is -0.530. The van der Waals surface area contributed by atoms with Crippen molar-refractivity contribution in [3.8, 4) is 0 Å². The number of rotatable bonds is 5. The van der Waals surface area contributed by atoms with Crippen LogP contribution >= 0.6 is 12.0 Å². The summed E-state index contributed by atoms with van der Waals surface area (Å²) in [5, 5.41) is 5.56. The summed E-state index contributed by atoms with van der Waals surface area (Å²) in [5.41, 5.74) is -0.845. The lowest BCUT2D eigenvalue weighted by Gasteiger charge is -2.30. The Morgan fingerprint density at radius 3 is 2.82 bits per heavy atom. The second-order valence-corrected chi connectivity index (χ2v) is 8.28. The topological polar surface area (TPSA) is 108 Å². The van der Waals surface area contributed by atoms with E-state index in [9.17, 15) is 22.0 Å². The largest absolute Gasteiger partial charge is 0.455 e. The van der Waals surface area contributed by atoms with E-state index in [4.69, 9.17) is 14.2 Å². The minimum absolute atomic E-state index is 0.320. The smallest absolute Gasteiger partial charge is 0.415 e. The van der Waals surface area contributed by atoms with E-state index < -0.39 is 50.3 Å². The number of hydrogen-bond donors (Lipinski definition) is 1. The molecule has 3 fully saturated rings. The lowest BCUT2D eigenvalue weighted by molar-refractivity contribution is -0.433. The van der Waals surface area contributed by atoms with Crippen LogP contribution in [0.4, 0.5) is 8.78 Å². The van der Waals surface area contributed by atoms with Crippen LogP contribution in [-0.4, -0.2) is 41.9 Å². The fourth-order valence-corrected chi connectivity index (χ4v) is 6.26. The van der Waals surface area contributed by atoms with Crippen LogP contribution in [0.15, 0.2) is 0 Å². The third-order valence-corrected chi connectivity index (χ3v) is 6.86. The van der Waals surface area contributed by atoms with Gasteiger partial charge in [0.2, 0.25) is 0 Å². The number of hydrogen-bond acceptors (Lipinski definition) is 9. The minimum atomic E-state index is -4.16. The van der Waals surface area contributed by atoms with E-state index in [1.165, 1.54) is 0 Å². The van der Waals surface area contributed by atoms with Gasteiger partial charge in [-0.3, -0.25) is 4.18 Å². The lowest BCUT2D eigenvalue weighted by Crippen LogP contribution is -2.44. The van der Waals surface area contributed by atoms with Crippen LogP contribution in [0.25, 0.3) is 0 Å². The summed E-state index contributed by atoms with van der Waals surface area (Å²) in [4.78, 5) is 11.5. The van der Waals surface area contributed by atoms with E-state index >= 15 is 0 Å². The molecule has 12 heteroatoms. The Morgan fingerprint density at radius 2 is 2.18 bits per heavy atom. The molecule has 1 saturated heterocycles. The maximum Gasteiger partial charge on any atom is 0.415 e. The molecule has 0 radical (unpaired) electrons. The van der Waals surface area contributed by atoms with Crippen molar-refractivity contribution in [2.75, 3.05) is 0 Å². The van der Waals surface area contributed by atoms with E-state index in [-0.39, 0.29) is 11.8 Å². The maximum absolute atomic E-state index is 13.4. The molecule has 1 N–H and O–H groups in total. The minimum Gasteiger partial charge on any atom is -0.455 e. The molecule has 0 amide bonds. The highest BCUT2D eigenvalue weighted by Crippen LogP contribution is 2.61. The Labute approximate surface area is 128 Å². The number of fused-ring (bicyclic) bond motifs is 1. The summed E-state index contributed by atoms with van der Waals surface area (Å²) in [5.74, 6) is -2.69. The zero-order chi connectivity index (χ0) is 16.3. The number of halogens is 2. The van der Waals surface area contributed by atoms with Crippen molar-refractivity contribution >= 4 is 28.1 Å². The average Bonchev–Trinajstić information content (AvgIpc) is 2.93. The summed E-state index contributed by atoms with van der Waals surface area (Å²) in [7, 11) is -3.97. The van der Waals surface area contributed by atoms with Crippen molar-refractivity contribution in [1.29, 1.82) is 0 Å². The zero-order valence-electron chi connectivity index (χ0n) is 11.1. The molecule has 8 nitrogen and oxygen atoms in total. The first-order chi connectivity index (χ1) is 10.1. The van der Waals surface area contributed by atoms with Crippen LogP contribution < -0.4 is 0 Å². The monoisotopic (exact) mass is 362 g/mol. The van der Waals surface area contributed by atoms with Gasteiger partial charge in [-0.2, -0.15) is 17.2 Å². The summed E-state index contributed by atoms with van der Waals surface area (Å²) in [6, 6.07) is 0. The third kappa shape index (κ3) is 2.32. The molecule has 22 heavy (non-hydrogen) atoms. The predicted molar refractivity (Wildman–Crippen MR) is 65.6 cm³/mol. The summed E-state index contributed by atoms with van der Waals surface area (Å²) in [6.45, 7) is 1.66. The van der Waals surface area contributed by atoms with Crippen molar-refractivity contribution in [3.05, 3.63) is 0 Å². The number of esters is 1. The maximum atomic E-state index is 13.4. The first-order valence-corrected chi connectivity index (χ1v) is 8.51. The molecule has 126 valence electrons. The average molecular weight is 362 g/mol. The predicted octanol–water partition coefficient (Wildman–Crippen LogP) is 1.09. The molecule has 3 aliphatic rings. The molecule has 5 unspecified atom stereocenters. The molecule has 2 saturated carbocycles. The quantitative estimate of drug-likeness (QED) is 0.253. The van der Waals surface area contributed by atoms with Gasteiger partial charge < -0.3 is 4.74 Å². The number of ether oxygens (including phenoxy) is 1. The Balaban J connectivity index is 1.76. The number of carbonyl (C=O) groups is 1. The van der Waals surface area contributed by atoms with Gasteiger partial charge in [0, 0.05) is 11.8 Å². The molecular weight excluding hydrogens is 350 g/mol. The van der Waals surface area contributed by atoms with Crippen LogP contribution in [0.5, 0.6) is 0 Å². The Morgan fingerprint density at radius 1 is 1.50 bits per heavy atom. The molecule has 3 rings (SSSR count). The van der Waals surface area contributed by atoms with Gasteiger partial charge in [0.1, 0.15) is 23.4 Å². The summed E-state index contributed by atoms with van der Waals surface area (Å²) >= 11 is -0.752. The second kappa shape index (κ2) is 4.98. The molecule has 1 aliphatic heterocycles. The lowest BCUT2D eigenvalue weighted by atomic mass is 9.84. The molecule has 5 atom stereocenters. The first kappa shape index (κ1) is 16.3. The van der Waals surface area contributed by atoms with Gasteiger partial charge in [-0.15, -0.1) is 4.33 Å². The van der Waals surface area contributed by atoms with Crippen LogP contribution in [0.1, 0.15) is 19.8 Å². The standard InChI is InChI=1S/C10H12F2O8S2/c1-9-3-4-2-5(9)7(22(15,16)18-9)6(4)17-8(13)10(11,12)21-20-19-14/h4-7,14H,2-3H2,1H3. The van der Waals surface area contributed by atoms with Gasteiger partial charge in [0.25, 0.3) is 10.1 Å². The van der Waals surface area contributed by atoms with Crippen molar-refractivity contribution in [3.63, 3.8) is 0 Å². The molecule has 0 aromatic carbocycles. The highest BCUT2D eigenvalue weighted by Gasteiger charge is 2.71. The van der Waals surface area contributed by atoms with Gasteiger partial charge >= 0.3 is 11.2 Å². The van der Waals surface area contributed by atoms with Gasteiger partial charge in [-0.1, -0.05) is 5.04 Å². The third-order valence-electron chi connectivity index (χ3n) is 4.48. The van der Waals surface area contributed by atoms with E-state index in [2.05, 4.69) is 9.37 Å². The Kier molecular flexibility index (Phi) is 3.70. The molecular formula is C10H12F2O8S2. The van der Waals surface area contributed by atoms with Gasteiger partial charge in [0.15, 0.2) is 0 Å². The summed E-state index contributed by atoms with van der Waals surface area (Å²) in [6.07, 6.45) is -0.423. The zero-order valence-corrected chi connectivity index (χ0v) is 12.7. The van der Waals surface area contributed by atoms with Gasteiger partial charge in [-0.05, 0) is 19.8 Å². The second-order valence-electron chi connectivity index (χ2n) is 5.77. The van der Waals surface area contributed by atoms with Crippen LogP contribution in [0.2, 0.25) is 0 Å². The SMILES string of the molecule is CC12CC3CC1C(C3OC(=O)C(F)(F)SOOO)S(=O)(=O)O2. The fraction of sp³-hybridized carbons (Fsp3) is 0.900. The molecule has 0 aromatic rings. The van der Waals surface area contributed by atoms with Crippen LogP contribution in [-0.2, 0) is 33.2 Å². The number of alkyl halides is 2. The van der Waals surface area contributed by atoms with Crippen molar-refractivity contribution < 1.29 is 45.5 Å². The summed E-state index contributed by atoms with van der Waals surface area (Å²) < 4.78 is 64.2. The molecule has 2 bridgehead atoms. The fourth-order valence-electron chi connectivity index (χ4n) is 3.79. The van der Waals surface area contributed by atoms with Crippen LogP contribution in [0, 0.1) is 11.8 Å². The first-order valence-electron chi connectivity index (χ1n) is 6.30. The van der Waals surface area contributed by atoms with E-state index in [1.54, 1.807) is 6.92 Å². The molecule has 0 spiro atoms. The Bertz CT molecular complexity index is 596. The van der Waals surface area contributed by atoms with E-state index in [1.807, 2.05) is 0 Å². The van der Waals surface area contributed by atoms with Crippen molar-refractivity contribution in [2.45, 2.75) is 42.0 Å². The van der Waals surface area contributed by atoms with Crippen LogP contribution in [0.3, 0.4) is 0 Å². The van der Waals surface area contributed by atoms with Gasteiger partial charge in [0.05, 0.1) is 5.60 Å². The van der Waals surface area contributed by atoms with Gasteiger partial charge in [-0.25, -0.2) is 10.1 Å². The van der Waals surface area contributed by atoms with E-state index in [0.717, 1.165) is 0 Å². The molecule has 1 heterocycles. The van der Waals surface area contributed by atoms with E-state index in [0.29, 0.717) is 12.8 Å². The molecule has 2 aliphatic carbocycles. The highest BCUT2D eigenvalue weighted by molar-refractivity contribution is 7.96. The number of carbonyl (C=O) groups excluding carboxylic acids is 1. The normalized spacial score (nSPS) is 41.8. The van der Waals surface area contributed by atoms with Crippen molar-refractivity contribution in [1.82, 2.24) is 0 Å². The molecule has 0 aromatic heterocycles. The highest BCUT2D eigenvalue weighted by atomic mass is 32.2.